The van der Waals surface area contributed by atoms with Crippen molar-refractivity contribution in [1.29, 1.82) is 0 Å². The highest BCUT2D eigenvalue weighted by atomic mass is 32.2. The van der Waals surface area contributed by atoms with Crippen molar-refractivity contribution in [2.75, 3.05) is 6.26 Å². The zero-order valence-corrected chi connectivity index (χ0v) is 9.83. The maximum Gasteiger partial charge on any atom is 0.143 e. The van der Waals surface area contributed by atoms with Gasteiger partial charge in [0, 0.05) is 4.91 Å². The van der Waals surface area contributed by atoms with Gasteiger partial charge in [0.25, 0.3) is 0 Å². The van der Waals surface area contributed by atoms with Gasteiger partial charge in [-0.3, -0.25) is 4.79 Å². The Hall–Kier alpha value is -1.54. The Kier molecular flexibility index (Phi) is 3.42. The number of thioether (sulfide) groups is 1. The molecule has 0 unspecified atom stereocenters. The molecule has 0 heterocycles. The van der Waals surface area contributed by atoms with Crippen LogP contribution in [-0.4, -0.2) is 12.5 Å². The molecule has 2 heteroatoms. The highest BCUT2D eigenvalue weighted by molar-refractivity contribution is 8.07. The molecule has 0 aliphatic rings. The van der Waals surface area contributed by atoms with E-state index in [-0.39, 0.29) is 0 Å². The second-order valence-electron chi connectivity index (χ2n) is 3.43. The van der Waals surface area contributed by atoms with E-state index in [1.54, 1.807) is 17.8 Å². The molecule has 0 bridgehead atoms. The molecule has 0 amide bonds. The largest absolute Gasteiger partial charge is 0.299 e. The average Bonchev–Trinajstić information content (AvgIpc) is 2.35. The highest BCUT2D eigenvalue weighted by Crippen LogP contribution is 2.27. The van der Waals surface area contributed by atoms with Crippen LogP contribution in [0.4, 0.5) is 0 Å². The van der Waals surface area contributed by atoms with Crippen LogP contribution in [0.3, 0.4) is 0 Å². The van der Waals surface area contributed by atoms with Crippen molar-refractivity contribution < 1.29 is 4.79 Å². The molecule has 0 atom stereocenters. The Bertz CT molecular complexity index is 543. The van der Waals surface area contributed by atoms with E-state index >= 15 is 0 Å². The summed E-state index contributed by atoms with van der Waals surface area (Å²) in [5.74, 6) is 0. The molecule has 0 radical (unpaired) electrons. The van der Waals surface area contributed by atoms with E-state index in [0.29, 0.717) is 0 Å². The summed E-state index contributed by atoms with van der Waals surface area (Å²) < 4.78 is 0. The first-order valence-electron chi connectivity index (χ1n) is 5.04. The van der Waals surface area contributed by atoms with Gasteiger partial charge in [-0.25, -0.2) is 0 Å². The standard InChI is InChI=1S/C14H12OS/c1-16-14(8-9-15)13-7-6-11-4-2-3-5-12(11)10-13/h2-10H,1H3/b14-8+. The molecule has 2 aromatic carbocycles. The molecular formula is C14H12OS. The monoisotopic (exact) mass is 228 g/mol. The Morgan fingerprint density at radius 2 is 1.88 bits per heavy atom. The van der Waals surface area contributed by atoms with Crippen molar-refractivity contribution in [3.63, 3.8) is 0 Å². The fourth-order valence-electron chi connectivity index (χ4n) is 1.69. The van der Waals surface area contributed by atoms with Crippen LogP contribution in [0.2, 0.25) is 0 Å². The lowest BCUT2D eigenvalue weighted by molar-refractivity contribution is -0.104. The van der Waals surface area contributed by atoms with E-state index in [2.05, 4.69) is 24.3 Å². The Morgan fingerprint density at radius 1 is 1.12 bits per heavy atom. The van der Waals surface area contributed by atoms with Gasteiger partial charge in [-0.15, -0.1) is 11.8 Å². The van der Waals surface area contributed by atoms with Gasteiger partial charge >= 0.3 is 0 Å². The van der Waals surface area contributed by atoms with Crippen LogP contribution in [-0.2, 0) is 4.79 Å². The van der Waals surface area contributed by atoms with Gasteiger partial charge in [0.15, 0.2) is 0 Å². The van der Waals surface area contributed by atoms with Crippen LogP contribution in [0.15, 0.2) is 48.5 Å². The lowest BCUT2D eigenvalue weighted by Gasteiger charge is -2.05. The summed E-state index contributed by atoms with van der Waals surface area (Å²) in [5, 5.41) is 2.42. The summed E-state index contributed by atoms with van der Waals surface area (Å²) in [7, 11) is 0. The number of allylic oxidation sites excluding steroid dienone is 1. The zero-order valence-electron chi connectivity index (χ0n) is 9.01. The van der Waals surface area contributed by atoms with Gasteiger partial charge in [0.2, 0.25) is 0 Å². The van der Waals surface area contributed by atoms with Crippen LogP contribution in [0.5, 0.6) is 0 Å². The minimum absolute atomic E-state index is 0.834. The molecule has 0 aliphatic carbocycles. The second kappa shape index (κ2) is 4.99. The summed E-state index contributed by atoms with van der Waals surface area (Å²) >= 11 is 1.59. The van der Waals surface area contributed by atoms with E-state index in [0.717, 1.165) is 16.8 Å². The third kappa shape index (κ3) is 2.17. The van der Waals surface area contributed by atoms with Crippen LogP contribution < -0.4 is 0 Å². The Morgan fingerprint density at radius 3 is 2.56 bits per heavy atom. The van der Waals surface area contributed by atoms with Gasteiger partial charge in [-0.2, -0.15) is 0 Å². The molecule has 0 saturated heterocycles. The molecule has 0 spiro atoms. The summed E-state index contributed by atoms with van der Waals surface area (Å²) in [5.41, 5.74) is 1.10. The molecule has 0 fully saturated rings. The first-order valence-corrected chi connectivity index (χ1v) is 6.26. The van der Waals surface area contributed by atoms with E-state index in [1.807, 2.05) is 24.5 Å². The fourth-order valence-corrected chi connectivity index (χ4v) is 2.24. The molecule has 1 nitrogen and oxygen atoms in total. The van der Waals surface area contributed by atoms with Gasteiger partial charge in [-0.1, -0.05) is 36.4 Å². The Balaban J connectivity index is 2.54. The molecule has 2 rings (SSSR count). The van der Waals surface area contributed by atoms with E-state index in [4.69, 9.17) is 0 Å². The normalized spacial score (nSPS) is 11.7. The SMILES string of the molecule is CS/C(=C/C=O)c1ccc2ccccc2c1. The number of fused-ring (bicyclic) bond motifs is 1. The van der Waals surface area contributed by atoms with Crippen molar-refractivity contribution in [2.45, 2.75) is 0 Å². The maximum absolute atomic E-state index is 10.5. The van der Waals surface area contributed by atoms with E-state index < -0.39 is 0 Å². The van der Waals surface area contributed by atoms with Crippen LogP contribution >= 0.6 is 11.8 Å². The van der Waals surface area contributed by atoms with E-state index in [9.17, 15) is 4.79 Å². The van der Waals surface area contributed by atoms with Crippen molar-refractivity contribution in [1.82, 2.24) is 0 Å². The Labute approximate surface area is 99.2 Å². The maximum atomic E-state index is 10.5. The first kappa shape index (κ1) is 11.0. The molecule has 2 aromatic rings. The van der Waals surface area contributed by atoms with Gasteiger partial charge in [0.1, 0.15) is 6.29 Å². The van der Waals surface area contributed by atoms with Gasteiger partial charge in [-0.05, 0) is 34.7 Å². The van der Waals surface area contributed by atoms with Crippen molar-refractivity contribution in [2.24, 2.45) is 0 Å². The van der Waals surface area contributed by atoms with Crippen LogP contribution in [0.25, 0.3) is 15.7 Å². The first-order chi connectivity index (χ1) is 7.85. The highest BCUT2D eigenvalue weighted by Gasteiger charge is 2.00. The third-order valence-electron chi connectivity index (χ3n) is 2.47. The molecule has 0 N–H and O–H groups in total. The molecule has 0 aliphatic heterocycles. The fraction of sp³-hybridized carbons (Fsp3) is 0.0714. The zero-order chi connectivity index (χ0) is 11.4. The molecule has 0 saturated carbocycles. The molecule has 16 heavy (non-hydrogen) atoms. The minimum atomic E-state index is 0.834. The number of hydrogen-bond acceptors (Lipinski definition) is 2. The topological polar surface area (TPSA) is 17.1 Å². The van der Waals surface area contributed by atoms with Gasteiger partial charge < -0.3 is 0 Å². The molecular weight excluding hydrogens is 216 g/mol. The smallest absolute Gasteiger partial charge is 0.143 e. The summed E-state index contributed by atoms with van der Waals surface area (Å²) in [6.45, 7) is 0. The van der Waals surface area contributed by atoms with Gasteiger partial charge in [0.05, 0.1) is 0 Å². The van der Waals surface area contributed by atoms with Crippen molar-refractivity contribution in [3.05, 3.63) is 54.1 Å². The van der Waals surface area contributed by atoms with E-state index in [1.165, 1.54) is 10.8 Å². The summed E-state index contributed by atoms with van der Waals surface area (Å²) in [6.07, 6.45) is 4.42. The van der Waals surface area contributed by atoms with Crippen molar-refractivity contribution in [3.8, 4) is 0 Å². The minimum Gasteiger partial charge on any atom is -0.299 e. The lowest BCUT2D eigenvalue weighted by Crippen LogP contribution is -1.81. The predicted molar refractivity (Wildman–Crippen MR) is 71.5 cm³/mol. The third-order valence-corrected chi connectivity index (χ3v) is 3.28. The van der Waals surface area contributed by atoms with Crippen LogP contribution in [0, 0.1) is 0 Å². The molecule has 80 valence electrons. The van der Waals surface area contributed by atoms with Crippen molar-refractivity contribution >= 4 is 33.7 Å². The predicted octanol–water partition coefficient (Wildman–Crippen LogP) is 3.74. The number of aldehydes is 1. The summed E-state index contributed by atoms with van der Waals surface area (Å²) in [4.78, 5) is 11.5. The number of benzene rings is 2. The summed E-state index contributed by atoms with van der Waals surface area (Å²) in [6, 6.07) is 14.5. The average molecular weight is 228 g/mol. The quantitative estimate of drug-likeness (QED) is 0.588. The van der Waals surface area contributed by atoms with Crippen LogP contribution in [0.1, 0.15) is 5.56 Å². The number of rotatable bonds is 3. The number of carbonyl (C=O) groups excluding carboxylic acids is 1. The second-order valence-corrected chi connectivity index (χ2v) is 4.28. The molecule has 0 aromatic heterocycles. The lowest BCUT2D eigenvalue weighted by atomic mass is 10.1. The number of carbonyl (C=O) groups is 1. The number of hydrogen-bond donors (Lipinski definition) is 0.